The first-order chi connectivity index (χ1) is 42.3. The molecule has 0 aromatic heterocycles. The third kappa shape index (κ3) is 54.4. The molecule has 510 valence electrons. The molecule has 7 atom stereocenters. The summed E-state index contributed by atoms with van der Waals surface area (Å²) in [7, 11) is 0. The van der Waals surface area contributed by atoms with Gasteiger partial charge in [-0.1, -0.05) is 391 Å². The minimum atomic E-state index is -1.57. The van der Waals surface area contributed by atoms with Crippen LogP contribution in [0.25, 0.3) is 0 Å². The van der Waals surface area contributed by atoms with Crippen LogP contribution < -0.4 is 5.32 Å². The van der Waals surface area contributed by atoms with Crippen LogP contribution in [-0.4, -0.2) is 87.5 Å². The van der Waals surface area contributed by atoms with Crippen molar-refractivity contribution in [2.24, 2.45) is 0 Å². The van der Waals surface area contributed by atoms with Gasteiger partial charge < -0.3 is 40.3 Å². The van der Waals surface area contributed by atoms with Crippen LogP contribution in [0.3, 0.4) is 0 Å². The lowest BCUT2D eigenvalue weighted by Crippen LogP contribution is -2.60. The Morgan fingerprint density at radius 1 is 0.384 bits per heavy atom. The summed E-state index contributed by atoms with van der Waals surface area (Å²) >= 11 is 0. The Hall–Kier alpha value is -1.33. The molecule has 0 aromatic rings. The molecule has 0 spiro atoms. The fourth-order valence-electron chi connectivity index (χ4n) is 12.8. The van der Waals surface area contributed by atoms with Crippen molar-refractivity contribution in [2.45, 2.75) is 448 Å². The molecule has 7 unspecified atom stereocenters. The normalized spacial score (nSPS) is 18.1. The van der Waals surface area contributed by atoms with Crippen molar-refractivity contribution in [3.63, 3.8) is 0 Å². The summed E-state index contributed by atoms with van der Waals surface area (Å²) in [6.07, 6.45) is 81.8. The van der Waals surface area contributed by atoms with Crippen LogP contribution in [0.5, 0.6) is 0 Å². The van der Waals surface area contributed by atoms with Crippen molar-refractivity contribution >= 4 is 5.91 Å². The van der Waals surface area contributed by atoms with Crippen LogP contribution in [0.15, 0.2) is 24.3 Å². The molecule has 6 N–H and O–H groups in total. The summed E-state index contributed by atoms with van der Waals surface area (Å²) < 4.78 is 11.3. The lowest BCUT2D eigenvalue weighted by Gasteiger charge is -2.40. The molecule has 86 heavy (non-hydrogen) atoms. The predicted molar refractivity (Wildman–Crippen MR) is 369 cm³/mol. The molecule has 1 fully saturated rings. The van der Waals surface area contributed by atoms with Gasteiger partial charge in [0.2, 0.25) is 5.91 Å². The van der Waals surface area contributed by atoms with E-state index >= 15 is 0 Å². The van der Waals surface area contributed by atoms with E-state index in [9.17, 15) is 30.3 Å². The zero-order valence-electron chi connectivity index (χ0n) is 57.4. The smallest absolute Gasteiger partial charge is 0.220 e. The first kappa shape index (κ1) is 82.7. The highest BCUT2D eigenvalue weighted by molar-refractivity contribution is 5.76. The molecular formula is C77H149NO8. The van der Waals surface area contributed by atoms with Gasteiger partial charge in [0.15, 0.2) is 6.29 Å². The molecule has 1 aliphatic rings. The Balaban J connectivity index is 2.09. The van der Waals surface area contributed by atoms with Crippen molar-refractivity contribution in [2.75, 3.05) is 13.2 Å². The Morgan fingerprint density at radius 2 is 0.663 bits per heavy atom. The molecule has 0 aromatic carbocycles. The summed E-state index contributed by atoms with van der Waals surface area (Å²) in [5, 5.41) is 54.8. The summed E-state index contributed by atoms with van der Waals surface area (Å²) in [6.45, 7) is 3.84. The lowest BCUT2D eigenvalue weighted by atomic mass is 9.99. The Kier molecular flexibility index (Phi) is 64.0. The third-order valence-electron chi connectivity index (χ3n) is 18.8. The molecule has 0 bridgehead atoms. The number of hydrogen-bond acceptors (Lipinski definition) is 8. The second kappa shape index (κ2) is 66.6. The number of aliphatic hydroxyl groups excluding tert-OH is 5. The van der Waals surface area contributed by atoms with Gasteiger partial charge in [0.05, 0.1) is 25.4 Å². The van der Waals surface area contributed by atoms with Crippen molar-refractivity contribution in [3.8, 4) is 0 Å². The van der Waals surface area contributed by atoms with E-state index in [2.05, 4.69) is 31.3 Å². The molecule has 9 heteroatoms. The quantitative estimate of drug-likeness (QED) is 0.0261. The van der Waals surface area contributed by atoms with Crippen molar-refractivity contribution in [1.29, 1.82) is 0 Å². The second-order valence-corrected chi connectivity index (χ2v) is 27.2. The number of aliphatic hydroxyl groups is 5. The number of amides is 1. The average molecular weight is 1220 g/mol. The highest BCUT2D eigenvalue weighted by Crippen LogP contribution is 2.24. The monoisotopic (exact) mass is 1220 g/mol. The van der Waals surface area contributed by atoms with Gasteiger partial charge in [-0.2, -0.15) is 0 Å². The first-order valence-electron chi connectivity index (χ1n) is 38.6. The van der Waals surface area contributed by atoms with Gasteiger partial charge in [0.1, 0.15) is 24.4 Å². The van der Waals surface area contributed by atoms with E-state index in [-0.39, 0.29) is 12.5 Å². The Morgan fingerprint density at radius 3 is 0.977 bits per heavy atom. The first-order valence-corrected chi connectivity index (χ1v) is 38.6. The van der Waals surface area contributed by atoms with Gasteiger partial charge in [-0.25, -0.2) is 0 Å². The molecule has 9 nitrogen and oxygen atoms in total. The number of rotatable bonds is 69. The minimum Gasteiger partial charge on any atom is -0.394 e. The van der Waals surface area contributed by atoms with E-state index in [0.29, 0.717) is 6.42 Å². The molecule has 1 heterocycles. The number of ether oxygens (including phenoxy) is 2. The molecule has 0 saturated carbocycles. The highest BCUT2D eigenvalue weighted by Gasteiger charge is 2.44. The SMILES string of the molecule is CCCCCCCCCCCCCCCCCCCCCCCCCCCCC/C=C/CC/C=C/C(O)C(COC1OC(CO)C(O)C(O)C1O)NC(=O)CCCCCCCCCCCCCCCCCCCCCCCCCCCCCCCC. The van der Waals surface area contributed by atoms with Crippen LogP contribution >= 0.6 is 0 Å². The van der Waals surface area contributed by atoms with Crippen molar-refractivity contribution in [1.82, 2.24) is 5.32 Å². The molecule has 1 amide bonds. The van der Waals surface area contributed by atoms with E-state index < -0.39 is 49.5 Å². The maximum atomic E-state index is 13.1. The topological polar surface area (TPSA) is 149 Å². The summed E-state index contributed by atoms with van der Waals surface area (Å²) in [5.41, 5.74) is 0. The van der Waals surface area contributed by atoms with Gasteiger partial charge in [-0.15, -0.1) is 0 Å². The largest absolute Gasteiger partial charge is 0.394 e. The van der Waals surface area contributed by atoms with E-state index in [1.807, 2.05) is 6.08 Å². The standard InChI is InChI=1S/C77H149NO8/c1-3-5-7-9-11-13-15-17-19-21-23-25-27-29-31-33-35-36-37-38-40-42-44-46-48-50-52-54-56-58-60-62-64-66-71(80)70(69-85-77-76(84)75(83)74(82)72(68-79)86-77)78-73(81)67-65-63-61-59-57-55-53-51-49-47-45-43-41-39-34-32-30-28-26-24-22-20-18-16-14-12-10-8-6-4-2/h56,58,64,66,70-72,74-77,79-80,82-84H,3-55,57,59-63,65,67-69H2,1-2H3,(H,78,81)/b58-56+,66-64+. The third-order valence-corrected chi connectivity index (χ3v) is 18.8. The Bertz CT molecular complexity index is 1410. The van der Waals surface area contributed by atoms with Gasteiger partial charge in [-0.05, 0) is 32.1 Å². The number of carbonyl (C=O) groups is 1. The fraction of sp³-hybridized carbons (Fsp3) is 0.935. The predicted octanol–water partition coefficient (Wildman–Crippen LogP) is 21.6. The van der Waals surface area contributed by atoms with Gasteiger partial charge >= 0.3 is 0 Å². The van der Waals surface area contributed by atoms with Gasteiger partial charge in [0.25, 0.3) is 0 Å². The fourth-order valence-corrected chi connectivity index (χ4v) is 12.8. The lowest BCUT2D eigenvalue weighted by molar-refractivity contribution is -0.302. The molecule has 0 aliphatic carbocycles. The van der Waals surface area contributed by atoms with E-state index in [1.165, 1.54) is 347 Å². The van der Waals surface area contributed by atoms with Crippen LogP contribution in [0.4, 0.5) is 0 Å². The number of nitrogens with one attached hydrogen (secondary N) is 1. The number of carbonyl (C=O) groups excluding carboxylic acids is 1. The molecule has 1 rings (SSSR count). The van der Waals surface area contributed by atoms with Crippen molar-refractivity contribution in [3.05, 3.63) is 24.3 Å². The maximum absolute atomic E-state index is 13.1. The molecule has 1 saturated heterocycles. The van der Waals surface area contributed by atoms with E-state index in [0.717, 1.165) is 38.5 Å². The van der Waals surface area contributed by atoms with Crippen LogP contribution in [-0.2, 0) is 14.3 Å². The number of allylic oxidation sites excluding steroid dienone is 3. The summed E-state index contributed by atoms with van der Waals surface area (Å²) in [6, 6.07) is -0.821. The average Bonchev–Trinajstić information content (AvgIpc) is 3.35. The highest BCUT2D eigenvalue weighted by atomic mass is 16.7. The van der Waals surface area contributed by atoms with Crippen molar-refractivity contribution < 1.29 is 39.8 Å². The number of unbranched alkanes of at least 4 members (excludes halogenated alkanes) is 57. The summed E-state index contributed by atoms with van der Waals surface area (Å²) in [4.78, 5) is 13.1. The van der Waals surface area contributed by atoms with Gasteiger partial charge in [-0.3, -0.25) is 4.79 Å². The summed E-state index contributed by atoms with van der Waals surface area (Å²) in [5.74, 6) is -0.177. The van der Waals surface area contributed by atoms with Crippen LogP contribution in [0.1, 0.15) is 406 Å². The second-order valence-electron chi connectivity index (χ2n) is 27.2. The molecular weight excluding hydrogens is 1070 g/mol. The zero-order chi connectivity index (χ0) is 62.1. The van der Waals surface area contributed by atoms with E-state index in [1.54, 1.807) is 6.08 Å². The Labute approximate surface area is 534 Å². The number of hydrogen-bond donors (Lipinski definition) is 6. The molecule has 0 radical (unpaired) electrons. The van der Waals surface area contributed by atoms with E-state index in [4.69, 9.17) is 9.47 Å². The minimum absolute atomic E-state index is 0.177. The molecule has 1 aliphatic heterocycles. The van der Waals surface area contributed by atoms with Crippen LogP contribution in [0, 0.1) is 0 Å². The van der Waals surface area contributed by atoms with Gasteiger partial charge in [0, 0.05) is 6.42 Å². The maximum Gasteiger partial charge on any atom is 0.220 e. The zero-order valence-corrected chi connectivity index (χ0v) is 57.4. The van der Waals surface area contributed by atoms with Crippen LogP contribution in [0.2, 0.25) is 0 Å².